The number of hydrogen-bond acceptors (Lipinski definition) is 4. The Balaban J connectivity index is 2.27. The predicted octanol–water partition coefficient (Wildman–Crippen LogP) is 3.21. The van der Waals surface area contributed by atoms with Crippen LogP contribution < -0.4 is 5.32 Å². The fourth-order valence-corrected chi connectivity index (χ4v) is 1.96. The van der Waals surface area contributed by atoms with Crippen LogP contribution in [-0.4, -0.2) is 23.4 Å². The quantitative estimate of drug-likeness (QED) is 0.839. The highest BCUT2D eigenvalue weighted by molar-refractivity contribution is 5.94. The van der Waals surface area contributed by atoms with Crippen LogP contribution >= 0.6 is 0 Å². The summed E-state index contributed by atoms with van der Waals surface area (Å²) in [5.74, 6) is -1.84. The summed E-state index contributed by atoms with van der Waals surface area (Å²) >= 11 is 0. The molecule has 0 spiro atoms. The Morgan fingerprint density at radius 3 is 2.36 bits per heavy atom. The summed E-state index contributed by atoms with van der Waals surface area (Å²) < 4.78 is 44.0. The Morgan fingerprint density at radius 1 is 1.12 bits per heavy atom. The molecule has 0 saturated heterocycles. The van der Waals surface area contributed by atoms with Crippen molar-refractivity contribution in [3.8, 4) is 0 Å². The number of nitrogens with one attached hydrogen (secondary N) is 1. The van der Waals surface area contributed by atoms with E-state index >= 15 is 0 Å². The van der Waals surface area contributed by atoms with Gasteiger partial charge in [0.15, 0.2) is 0 Å². The summed E-state index contributed by atoms with van der Waals surface area (Å²) in [6.45, 7) is 1.71. The molecular weight excluding hydrogens is 337 g/mol. The average Bonchev–Trinajstić information content (AvgIpc) is 2.59. The van der Waals surface area contributed by atoms with Crippen molar-refractivity contribution in [2.24, 2.45) is 0 Å². The number of hydrogen-bond donors (Lipinski definition) is 1. The molecule has 0 aliphatic rings. The lowest BCUT2D eigenvalue weighted by Gasteiger charge is -2.11. The first kappa shape index (κ1) is 18.4. The number of nitrogens with zero attached hydrogens (tertiary/aromatic N) is 1. The van der Waals surface area contributed by atoms with Gasteiger partial charge in [-0.15, -0.1) is 0 Å². The number of pyridine rings is 1. The Kier molecular flexibility index (Phi) is 5.74. The molecule has 0 aliphatic carbocycles. The highest BCUT2D eigenvalue weighted by atomic mass is 19.4. The Hall–Kier alpha value is -2.90. The average molecular weight is 352 g/mol. The van der Waals surface area contributed by atoms with Gasteiger partial charge in [-0.3, -0.25) is 4.79 Å². The normalized spacial score (nSPS) is 11.0. The van der Waals surface area contributed by atoms with Gasteiger partial charge in [0.2, 0.25) is 0 Å². The topological polar surface area (TPSA) is 68.3 Å². The number of alkyl halides is 3. The maximum Gasteiger partial charge on any atom is 0.416 e. The number of ether oxygens (including phenoxy) is 1. The molecule has 1 amide bonds. The molecule has 2 aromatic rings. The molecule has 0 radical (unpaired) electrons. The van der Waals surface area contributed by atoms with E-state index in [4.69, 9.17) is 4.74 Å². The summed E-state index contributed by atoms with van der Waals surface area (Å²) in [4.78, 5) is 27.5. The zero-order valence-corrected chi connectivity index (χ0v) is 13.3. The van der Waals surface area contributed by atoms with Crippen LogP contribution in [0.5, 0.6) is 0 Å². The minimum Gasteiger partial charge on any atom is -0.456 e. The number of aromatic nitrogens is 1. The first-order chi connectivity index (χ1) is 11.8. The van der Waals surface area contributed by atoms with E-state index in [1.807, 2.05) is 0 Å². The van der Waals surface area contributed by atoms with Crippen molar-refractivity contribution in [3.63, 3.8) is 0 Å². The highest BCUT2D eigenvalue weighted by Gasteiger charge is 2.33. The molecule has 1 heterocycles. The van der Waals surface area contributed by atoms with Crippen molar-refractivity contribution < 1.29 is 27.5 Å². The van der Waals surface area contributed by atoms with Crippen LogP contribution in [0.2, 0.25) is 0 Å². The van der Waals surface area contributed by atoms with Crippen molar-refractivity contribution in [1.82, 2.24) is 10.3 Å². The zero-order valence-electron chi connectivity index (χ0n) is 13.3. The summed E-state index contributed by atoms with van der Waals surface area (Å²) in [5, 5.41) is 2.34. The minimum atomic E-state index is -4.72. The number of benzene rings is 1. The fourth-order valence-electron chi connectivity index (χ4n) is 1.96. The molecule has 2 rings (SSSR count). The molecule has 1 aromatic carbocycles. The molecule has 0 atom stereocenters. The van der Waals surface area contributed by atoms with Gasteiger partial charge in [-0.1, -0.05) is 30.3 Å². The monoisotopic (exact) mass is 352 g/mol. The number of carbonyl (C=O) groups is 2. The zero-order chi connectivity index (χ0) is 18.4. The van der Waals surface area contributed by atoms with Crippen LogP contribution in [0, 0.1) is 0 Å². The maximum atomic E-state index is 13.0. The summed E-state index contributed by atoms with van der Waals surface area (Å²) in [6, 6.07) is 9.81. The van der Waals surface area contributed by atoms with E-state index in [1.165, 1.54) is 0 Å². The van der Waals surface area contributed by atoms with Crippen LogP contribution in [-0.2, 0) is 17.5 Å². The van der Waals surface area contributed by atoms with Gasteiger partial charge in [0.25, 0.3) is 5.91 Å². The first-order valence-electron chi connectivity index (χ1n) is 7.39. The van der Waals surface area contributed by atoms with Gasteiger partial charge >= 0.3 is 12.1 Å². The van der Waals surface area contributed by atoms with Gasteiger partial charge < -0.3 is 10.1 Å². The summed E-state index contributed by atoms with van der Waals surface area (Å²) in [7, 11) is 0. The summed E-state index contributed by atoms with van der Waals surface area (Å²) in [5.41, 5.74) is -1.54. The summed E-state index contributed by atoms with van der Waals surface area (Å²) in [6.07, 6.45) is -4.72. The van der Waals surface area contributed by atoms with Gasteiger partial charge in [-0.2, -0.15) is 13.2 Å². The number of rotatable bonds is 5. The largest absolute Gasteiger partial charge is 0.456 e. The second-order valence-corrected chi connectivity index (χ2v) is 5.05. The van der Waals surface area contributed by atoms with Crippen LogP contribution in [0.1, 0.15) is 39.0 Å². The van der Waals surface area contributed by atoms with E-state index in [1.54, 1.807) is 37.3 Å². The smallest absolute Gasteiger partial charge is 0.416 e. The molecular formula is C17H15F3N2O3. The molecule has 0 aliphatic heterocycles. The third-order valence-electron chi connectivity index (χ3n) is 3.14. The maximum absolute atomic E-state index is 13.0. The molecule has 0 fully saturated rings. The lowest BCUT2D eigenvalue weighted by atomic mass is 10.1. The number of amides is 1. The molecule has 25 heavy (non-hydrogen) atoms. The third-order valence-corrected chi connectivity index (χ3v) is 3.14. The highest BCUT2D eigenvalue weighted by Crippen LogP contribution is 2.30. The second kappa shape index (κ2) is 7.78. The fraction of sp³-hybridized carbons (Fsp3) is 0.235. The molecule has 0 bridgehead atoms. The van der Waals surface area contributed by atoms with Crippen LogP contribution in [0.15, 0.2) is 42.5 Å². The first-order valence-corrected chi connectivity index (χ1v) is 7.39. The van der Waals surface area contributed by atoms with E-state index < -0.39 is 35.0 Å². The van der Waals surface area contributed by atoms with Gasteiger partial charge in [-0.25, -0.2) is 9.78 Å². The van der Waals surface area contributed by atoms with E-state index in [0.717, 1.165) is 0 Å². The van der Waals surface area contributed by atoms with Crippen LogP contribution in [0.25, 0.3) is 0 Å². The third kappa shape index (κ3) is 5.03. The number of esters is 1. The van der Waals surface area contributed by atoms with E-state index in [2.05, 4.69) is 10.3 Å². The number of halogens is 3. The van der Waals surface area contributed by atoms with Crippen molar-refractivity contribution >= 4 is 11.9 Å². The van der Waals surface area contributed by atoms with Crippen molar-refractivity contribution in [2.45, 2.75) is 19.7 Å². The Labute approximate surface area is 141 Å². The molecule has 1 aromatic heterocycles. The predicted molar refractivity (Wildman–Crippen MR) is 82.8 cm³/mol. The molecule has 1 N–H and O–H groups in total. The van der Waals surface area contributed by atoms with Gasteiger partial charge in [0.05, 0.1) is 5.56 Å². The molecule has 0 saturated carbocycles. The SMILES string of the molecule is CCNC(=O)c1cc(C(F)(F)F)cc(C(=O)OCc2ccccc2)n1. The Bertz CT molecular complexity index is 761. The molecule has 0 unspecified atom stereocenters. The van der Waals surface area contributed by atoms with E-state index in [0.29, 0.717) is 17.7 Å². The number of carbonyl (C=O) groups excluding carboxylic acids is 2. The van der Waals surface area contributed by atoms with E-state index in [9.17, 15) is 22.8 Å². The van der Waals surface area contributed by atoms with Crippen LogP contribution in [0.4, 0.5) is 13.2 Å². The van der Waals surface area contributed by atoms with Crippen molar-refractivity contribution in [1.29, 1.82) is 0 Å². The van der Waals surface area contributed by atoms with Gasteiger partial charge in [0, 0.05) is 6.54 Å². The van der Waals surface area contributed by atoms with Crippen molar-refractivity contribution in [3.05, 3.63) is 65.0 Å². The molecule has 5 nitrogen and oxygen atoms in total. The second-order valence-electron chi connectivity index (χ2n) is 5.05. The van der Waals surface area contributed by atoms with E-state index in [-0.39, 0.29) is 13.2 Å². The molecule has 132 valence electrons. The Morgan fingerprint density at radius 2 is 1.76 bits per heavy atom. The van der Waals surface area contributed by atoms with Crippen LogP contribution in [0.3, 0.4) is 0 Å². The minimum absolute atomic E-state index is 0.117. The standard InChI is InChI=1S/C17H15F3N2O3/c1-2-21-15(23)13-8-12(17(18,19)20)9-14(22-13)16(24)25-10-11-6-4-3-5-7-11/h3-9H,2,10H2,1H3,(H,21,23). The van der Waals surface area contributed by atoms with Gasteiger partial charge in [0.1, 0.15) is 18.0 Å². The molecule has 8 heteroatoms. The lowest BCUT2D eigenvalue weighted by molar-refractivity contribution is -0.137. The van der Waals surface area contributed by atoms with Crippen molar-refractivity contribution in [2.75, 3.05) is 6.54 Å². The lowest BCUT2D eigenvalue weighted by Crippen LogP contribution is -2.25. The van der Waals surface area contributed by atoms with Gasteiger partial charge in [-0.05, 0) is 24.6 Å².